The van der Waals surface area contributed by atoms with Crippen LogP contribution in [0, 0.1) is 6.92 Å². The first-order chi connectivity index (χ1) is 14.5. The number of hydrogen-bond donors (Lipinski definition) is 1. The normalized spacial score (nSPS) is 13.9. The molecule has 1 fully saturated rings. The molecule has 3 aromatic rings. The number of carbonyl (C=O) groups is 1. The Bertz CT molecular complexity index is 1120. The van der Waals surface area contributed by atoms with Crippen LogP contribution in [0.4, 0.5) is 11.5 Å². The van der Waals surface area contributed by atoms with E-state index in [1.165, 1.54) is 0 Å². The van der Waals surface area contributed by atoms with Crippen LogP contribution in [-0.4, -0.2) is 41.8 Å². The summed E-state index contributed by atoms with van der Waals surface area (Å²) in [6, 6.07) is 12.8. The molecule has 154 valence electrons. The van der Waals surface area contributed by atoms with Crippen molar-refractivity contribution in [1.82, 2.24) is 9.55 Å². The molecule has 0 spiro atoms. The van der Waals surface area contributed by atoms with E-state index in [0.717, 1.165) is 16.7 Å². The predicted molar refractivity (Wildman–Crippen MR) is 117 cm³/mol. The van der Waals surface area contributed by atoms with E-state index in [1.54, 1.807) is 36.0 Å². The standard InChI is InChI=1S/C23H24N4O3/c1-16-6-7-17(22(28)25-21-5-3-4-8-24-21)13-19(16)18-14-20(23(29)26(2)15-18)27-9-11-30-12-10-27/h3-8,13-15H,9-12H2,1-2H3,(H,24,25,28). The molecule has 1 N–H and O–H groups in total. The minimum Gasteiger partial charge on any atom is -0.378 e. The lowest BCUT2D eigenvalue weighted by Crippen LogP contribution is -2.40. The highest BCUT2D eigenvalue weighted by atomic mass is 16.5. The van der Waals surface area contributed by atoms with Gasteiger partial charge >= 0.3 is 0 Å². The minimum absolute atomic E-state index is 0.0395. The summed E-state index contributed by atoms with van der Waals surface area (Å²) >= 11 is 0. The molecule has 1 saturated heterocycles. The molecule has 0 atom stereocenters. The van der Waals surface area contributed by atoms with Gasteiger partial charge in [0.25, 0.3) is 11.5 Å². The summed E-state index contributed by atoms with van der Waals surface area (Å²) < 4.78 is 7.01. The number of pyridine rings is 2. The van der Waals surface area contributed by atoms with Crippen molar-refractivity contribution in [2.75, 3.05) is 36.5 Å². The molecule has 30 heavy (non-hydrogen) atoms. The third-order valence-corrected chi connectivity index (χ3v) is 5.23. The van der Waals surface area contributed by atoms with Crippen LogP contribution in [-0.2, 0) is 11.8 Å². The zero-order valence-electron chi connectivity index (χ0n) is 17.1. The number of ether oxygens (including phenoxy) is 1. The molecule has 0 bridgehead atoms. The smallest absolute Gasteiger partial charge is 0.273 e. The molecule has 1 aromatic carbocycles. The first-order valence-corrected chi connectivity index (χ1v) is 9.90. The molecule has 2 aromatic heterocycles. The molecule has 1 amide bonds. The summed E-state index contributed by atoms with van der Waals surface area (Å²) in [5.74, 6) is 0.273. The monoisotopic (exact) mass is 404 g/mol. The summed E-state index contributed by atoms with van der Waals surface area (Å²) in [5, 5.41) is 2.81. The number of rotatable bonds is 4. The summed E-state index contributed by atoms with van der Waals surface area (Å²) in [5.41, 5.74) is 3.97. The van der Waals surface area contributed by atoms with E-state index in [2.05, 4.69) is 15.2 Å². The Labute approximate surface area is 174 Å². The highest BCUT2D eigenvalue weighted by Crippen LogP contribution is 2.27. The van der Waals surface area contributed by atoms with Crippen molar-refractivity contribution in [2.45, 2.75) is 6.92 Å². The number of nitrogens with one attached hydrogen (secondary N) is 1. The van der Waals surface area contributed by atoms with E-state index < -0.39 is 0 Å². The van der Waals surface area contributed by atoms with Gasteiger partial charge in [0, 0.05) is 43.7 Å². The van der Waals surface area contributed by atoms with Crippen molar-refractivity contribution >= 4 is 17.4 Å². The molecule has 3 heterocycles. The second kappa shape index (κ2) is 8.51. The minimum atomic E-state index is -0.229. The fraction of sp³-hybridized carbons (Fsp3) is 0.261. The number of aryl methyl sites for hydroxylation is 2. The molecule has 7 heteroatoms. The second-order valence-corrected chi connectivity index (χ2v) is 7.33. The van der Waals surface area contributed by atoms with Crippen molar-refractivity contribution in [2.24, 2.45) is 7.05 Å². The predicted octanol–water partition coefficient (Wildman–Crippen LogP) is 2.84. The molecular weight excluding hydrogens is 380 g/mol. The van der Waals surface area contributed by atoms with Crippen LogP contribution in [0.5, 0.6) is 0 Å². The van der Waals surface area contributed by atoms with Crippen LogP contribution in [0.3, 0.4) is 0 Å². The highest BCUT2D eigenvalue weighted by Gasteiger charge is 2.18. The van der Waals surface area contributed by atoms with Gasteiger partial charge < -0.3 is 19.5 Å². The van der Waals surface area contributed by atoms with Gasteiger partial charge in [0.05, 0.1) is 13.2 Å². The fourth-order valence-electron chi connectivity index (χ4n) is 3.57. The topological polar surface area (TPSA) is 76.5 Å². The highest BCUT2D eigenvalue weighted by molar-refractivity contribution is 6.04. The largest absolute Gasteiger partial charge is 0.378 e. The van der Waals surface area contributed by atoms with Gasteiger partial charge in [-0.3, -0.25) is 9.59 Å². The lowest BCUT2D eigenvalue weighted by Gasteiger charge is -2.29. The first-order valence-electron chi connectivity index (χ1n) is 9.90. The van der Waals surface area contributed by atoms with Gasteiger partial charge in [-0.25, -0.2) is 4.98 Å². The second-order valence-electron chi connectivity index (χ2n) is 7.33. The van der Waals surface area contributed by atoms with Gasteiger partial charge in [0.15, 0.2) is 0 Å². The van der Waals surface area contributed by atoms with E-state index in [9.17, 15) is 9.59 Å². The van der Waals surface area contributed by atoms with Gasteiger partial charge in [0.1, 0.15) is 11.5 Å². The summed E-state index contributed by atoms with van der Waals surface area (Å²) in [4.78, 5) is 31.6. The number of hydrogen-bond acceptors (Lipinski definition) is 5. The Morgan fingerprint density at radius 2 is 1.93 bits per heavy atom. The Hall–Kier alpha value is -3.45. The van der Waals surface area contributed by atoms with E-state index in [1.807, 2.05) is 37.4 Å². The van der Waals surface area contributed by atoms with Gasteiger partial charge in [-0.1, -0.05) is 12.1 Å². The number of morpholine rings is 1. The van der Waals surface area contributed by atoms with Crippen molar-refractivity contribution in [1.29, 1.82) is 0 Å². The molecule has 4 rings (SSSR count). The van der Waals surface area contributed by atoms with E-state index in [0.29, 0.717) is 43.4 Å². The number of carbonyl (C=O) groups excluding carboxylic acids is 1. The number of amides is 1. The molecule has 1 aliphatic heterocycles. The number of nitrogens with zero attached hydrogens (tertiary/aromatic N) is 3. The number of anilines is 2. The molecular formula is C23H24N4O3. The summed E-state index contributed by atoms with van der Waals surface area (Å²) in [6.07, 6.45) is 3.45. The molecule has 0 aliphatic carbocycles. The van der Waals surface area contributed by atoms with Gasteiger partial charge in [0.2, 0.25) is 0 Å². The SMILES string of the molecule is Cc1ccc(C(=O)Nc2ccccn2)cc1-c1cc(N2CCOCC2)c(=O)n(C)c1. The lowest BCUT2D eigenvalue weighted by atomic mass is 9.98. The Kier molecular flexibility index (Phi) is 5.63. The van der Waals surface area contributed by atoms with Crippen LogP contribution >= 0.6 is 0 Å². The average molecular weight is 404 g/mol. The maximum absolute atomic E-state index is 12.7. The molecule has 7 nitrogen and oxygen atoms in total. The molecule has 0 unspecified atom stereocenters. The fourth-order valence-corrected chi connectivity index (χ4v) is 3.57. The van der Waals surface area contributed by atoms with Crippen molar-refractivity contribution in [3.63, 3.8) is 0 Å². The third kappa shape index (κ3) is 4.11. The van der Waals surface area contributed by atoms with Crippen LogP contribution < -0.4 is 15.8 Å². The Balaban J connectivity index is 1.70. The van der Waals surface area contributed by atoms with Crippen LogP contribution in [0.2, 0.25) is 0 Å². The zero-order chi connectivity index (χ0) is 21.1. The van der Waals surface area contributed by atoms with Crippen LogP contribution in [0.15, 0.2) is 59.7 Å². The van der Waals surface area contributed by atoms with Crippen molar-refractivity contribution in [3.8, 4) is 11.1 Å². The van der Waals surface area contributed by atoms with Gasteiger partial charge in [-0.2, -0.15) is 0 Å². The maximum Gasteiger partial charge on any atom is 0.273 e. The molecule has 0 radical (unpaired) electrons. The van der Waals surface area contributed by atoms with Gasteiger partial charge in [-0.15, -0.1) is 0 Å². The maximum atomic E-state index is 12.7. The Morgan fingerprint density at radius 3 is 2.67 bits per heavy atom. The number of benzene rings is 1. The first kappa shape index (κ1) is 19.8. The lowest BCUT2D eigenvalue weighted by molar-refractivity contribution is 0.102. The molecule has 0 saturated carbocycles. The third-order valence-electron chi connectivity index (χ3n) is 5.23. The zero-order valence-corrected chi connectivity index (χ0v) is 17.1. The van der Waals surface area contributed by atoms with Crippen molar-refractivity contribution < 1.29 is 9.53 Å². The molecule has 1 aliphatic rings. The summed E-state index contributed by atoms with van der Waals surface area (Å²) in [6.45, 7) is 4.58. The van der Waals surface area contributed by atoms with Gasteiger partial charge in [-0.05, 0) is 48.4 Å². The number of aromatic nitrogens is 2. The van der Waals surface area contributed by atoms with E-state index in [4.69, 9.17) is 4.74 Å². The van der Waals surface area contributed by atoms with Crippen LogP contribution in [0.25, 0.3) is 11.1 Å². The van der Waals surface area contributed by atoms with E-state index >= 15 is 0 Å². The van der Waals surface area contributed by atoms with E-state index in [-0.39, 0.29) is 11.5 Å². The van der Waals surface area contributed by atoms with Crippen LogP contribution in [0.1, 0.15) is 15.9 Å². The van der Waals surface area contributed by atoms with Crippen molar-refractivity contribution in [3.05, 3.63) is 76.3 Å². The summed E-state index contributed by atoms with van der Waals surface area (Å²) in [7, 11) is 1.75. The quantitative estimate of drug-likeness (QED) is 0.724. The Morgan fingerprint density at radius 1 is 1.13 bits per heavy atom. The average Bonchev–Trinajstić information content (AvgIpc) is 2.77.